The standard InChI is InChI=1S/C12H12BrNO3/c1-17-12(16)10-6-7-14(10)11(15)8-4-2-3-5-9(8)13/h2-5,10H,6-7H2,1H3. The highest BCUT2D eigenvalue weighted by Crippen LogP contribution is 2.25. The highest BCUT2D eigenvalue weighted by molar-refractivity contribution is 9.10. The van der Waals surface area contributed by atoms with Gasteiger partial charge in [-0.15, -0.1) is 0 Å². The molecule has 0 aromatic heterocycles. The number of likely N-dealkylation sites (tertiary alicyclic amines) is 1. The lowest BCUT2D eigenvalue weighted by atomic mass is 10.0. The second-order valence-corrected chi connectivity index (χ2v) is 4.66. The van der Waals surface area contributed by atoms with E-state index in [0.29, 0.717) is 18.5 Å². The number of ether oxygens (including phenoxy) is 1. The van der Waals surface area contributed by atoms with E-state index in [-0.39, 0.29) is 11.9 Å². The number of carbonyl (C=O) groups is 2. The average molecular weight is 298 g/mol. The van der Waals surface area contributed by atoms with Gasteiger partial charge in [0.2, 0.25) is 0 Å². The lowest BCUT2D eigenvalue weighted by Gasteiger charge is -2.38. The van der Waals surface area contributed by atoms with E-state index < -0.39 is 6.04 Å². The van der Waals surface area contributed by atoms with Crippen LogP contribution >= 0.6 is 15.9 Å². The van der Waals surface area contributed by atoms with Gasteiger partial charge in [-0.1, -0.05) is 12.1 Å². The van der Waals surface area contributed by atoms with E-state index in [0.717, 1.165) is 4.47 Å². The maximum Gasteiger partial charge on any atom is 0.328 e. The number of nitrogens with zero attached hydrogens (tertiary/aromatic N) is 1. The third-order valence-electron chi connectivity index (χ3n) is 2.86. The van der Waals surface area contributed by atoms with Crippen LogP contribution in [-0.2, 0) is 9.53 Å². The Morgan fingerprint density at radius 2 is 2.12 bits per heavy atom. The molecule has 0 bridgehead atoms. The van der Waals surface area contributed by atoms with Crippen LogP contribution in [0.2, 0.25) is 0 Å². The van der Waals surface area contributed by atoms with Crippen LogP contribution in [0.25, 0.3) is 0 Å². The molecule has 1 aliphatic rings. The molecule has 1 atom stereocenters. The van der Waals surface area contributed by atoms with Gasteiger partial charge in [0.05, 0.1) is 12.7 Å². The molecule has 5 heteroatoms. The zero-order valence-corrected chi connectivity index (χ0v) is 10.9. The molecule has 0 N–H and O–H groups in total. The number of halogens is 1. The van der Waals surface area contributed by atoms with Crippen LogP contribution in [0.4, 0.5) is 0 Å². The maximum absolute atomic E-state index is 12.2. The van der Waals surface area contributed by atoms with Crippen molar-refractivity contribution in [3.05, 3.63) is 34.3 Å². The van der Waals surface area contributed by atoms with Gasteiger partial charge < -0.3 is 9.64 Å². The first-order valence-corrected chi connectivity index (χ1v) is 6.07. The van der Waals surface area contributed by atoms with Crippen molar-refractivity contribution >= 4 is 27.8 Å². The number of benzene rings is 1. The Morgan fingerprint density at radius 1 is 1.41 bits per heavy atom. The number of hydrogen-bond acceptors (Lipinski definition) is 3. The van der Waals surface area contributed by atoms with Crippen LogP contribution in [0.15, 0.2) is 28.7 Å². The zero-order valence-electron chi connectivity index (χ0n) is 9.35. The topological polar surface area (TPSA) is 46.6 Å². The van der Waals surface area contributed by atoms with Crippen LogP contribution in [-0.4, -0.2) is 36.5 Å². The highest BCUT2D eigenvalue weighted by atomic mass is 79.9. The van der Waals surface area contributed by atoms with Crippen molar-refractivity contribution < 1.29 is 14.3 Å². The molecule has 1 aromatic carbocycles. The molecular formula is C12H12BrNO3. The normalized spacial score (nSPS) is 18.5. The third-order valence-corrected chi connectivity index (χ3v) is 3.55. The molecule has 1 heterocycles. The Hall–Kier alpha value is -1.36. The van der Waals surface area contributed by atoms with Crippen molar-refractivity contribution in [3.8, 4) is 0 Å². The predicted molar refractivity (Wildman–Crippen MR) is 65.6 cm³/mol. The van der Waals surface area contributed by atoms with Crippen molar-refractivity contribution in [2.45, 2.75) is 12.5 Å². The van der Waals surface area contributed by atoms with Gasteiger partial charge in [-0.25, -0.2) is 4.79 Å². The second-order valence-electron chi connectivity index (χ2n) is 3.81. The summed E-state index contributed by atoms with van der Waals surface area (Å²) in [5.41, 5.74) is 0.570. The smallest absolute Gasteiger partial charge is 0.328 e. The summed E-state index contributed by atoms with van der Waals surface area (Å²) < 4.78 is 5.39. The van der Waals surface area contributed by atoms with Crippen LogP contribution in [0.5, 0.6) is 0 Å². The summed E-state index contributed by atoms with van der Waals surface area (Å²) in [4.78, 5) is 25.1. The van der Waals surface area contributed by atoms with Crippen molar-refractivity contribution in [2.75, 3.05) is 13.7 Å². The molecule has 1 aliphatic heterocycles. The third kappa shape index (κ3) is 2.20. The molecule has 17 heavy (non-hydrogen) atoms. The maximum atomic E-state index is 12.2. The van der Waals surface area contributed by atoms with Gasteiger partial charge >= 0.3 is 5.97 Å². The largest absolute Gasteiger partial charge is 0.467 e. The lowest BCUT2D eigenvalue weighted by molar-refractivity contribution is -0.149. The number of esters is 1. The Morgan fingerprint density at radius 3 is 2.65 bits per heavy atom. The monoisotopic (exact) mass is 297 g/mol. The molecule has 90 valence electrons. The minimum absolute atomic E-state index is 0.140. The predicted octanol–water partition coefficient (Wildman–Crippen LogP) is 1.84. The van der Waals surface area contributed by atoms with Gasteiger partial charge in [0.1, 0.15) is 6.04 Å². The molecule has 4 nitrogen and oxygen atoms in total. The minimum atomic E-state index is -0.431. The van der Waals surface area contributed by atoms with Gasteiger partial charge in [0, 0.05) is 11.0 Å². The van der Waals surface area contributed by atoms with Crippen molar-refractivity contribution in [1.29, 1.82) is 0 Å². The molecule has 1 fully saturated rings. The van der Waals surface area contributed by atoms with Crippen LogP contribution in [0.1, 0.15) is 16.8 Å². The molecule has 0 saturated carbocycles. The van der Waals surface area contributed by atoms with Gasteiger partial charge in [-0.2, -0.15) is 0 Å². The van der Waals surface area contributed by atoms with Crippen LogP contribution in [0.3, 0.4) is 0 Å². The van der Waals surface area contributed by atoms with E-state index in [4.69, 9.17) is 0 Å². The lowest BCUT2D eigenvalue weighted by Crippen LogP contribution is -2.55. The Bertz CT molecular complexity index is 461. The molecule has 2 rings (SSSR count). The van der Waals surface area contributed by atoms with Gasteiger partial charge in [0.15, 0.2) is 0 Å². The van der Waals surface area contributed by atoms with Crippen LogP contribution < -0.4 is 0 Å². The Labute approximate surface area is 108 Å². The fraction of sp³-hybridized carbons (Fsp3) is 0.333. The summed E-state index contributed by atoms with van der Waals surface area (Å²) in [6, 6.07) is 6.75. The molecule has 1 unspecified atom stereocenters. The van der Waals surface area contributed by atoms with Crippen molar-refractivity contribution in [3.63, 3.8) is 0 Å². The molecule has 1 amide bonds. The van der Waals surface area contributed by atoms with E-state index in [9.17, 15) is 9.59 Å². The quantitative estimate of drug-likeness (QED) is 0.783. The first-order valence-electron chi connectivity index (χ1n) is 5.28. The average Bonchev–Trinajstić information content (AvgIpc) is 2.27. The summed E-state index contributed by atoms with van der Waals surface area (Å²) in [7, 11) is 1.34. The van der Waals surface area contributed by atoms with Gasteiger partial charge in [0.25, 0.3) is 5.91 Å². The minimum Gasteiger partial charge on any atom is -0.467 e. The Balaban J connectivity index is 2.17. The first-order chi connectivity index (χ1) is 8.15. The fourth-order valence-electron chi connectivity index (χ4n) is 1.80. The number of methoxy groups -OCH3 is 1. The number of carbonyl (C=O) groups excluding carboxylic acids is 2. The molecule has 0 aliphatic carbocycles. The van der Waals surface area contributed by atoms with E-state index in [1.165, 1.54) is 12.0 Å². The fourth-order valence-corrected chi connectivity index (χ4v) is 2.26. The van der Waals surface area contributed by atoms with Gasteiger partial charge in [-0.3, -0.25) is 4.79 Å². The number of amides is 1. The molecule has 0 radical (unpaired) electrons. The summed E-state index contributed by atoms with van der Waals surface area (Å²) in [6.45, 7) is 0.597. The molecule has 1 saturated heterocycles. The second kappa shape index (κ2) is 4.87. The SMILES string of the molecule is COC(=O)C1CCN1C(=O)c1ccccc1Br. The summed E-state index contributed by atoms with van der Waals surface area (Å²) in [5.74, 6) is -0.490. The first kappa shape index (κ1) is 12.1. The van der Waals surface area contributed by atoms with E-state index in [1.807, 2.05) is 6.07 Å². The molecular weight excluding hydrogens is 286 g/mol. The Kier molecular flexibility index (Phi) is 3.47. The highest BCUT2D eigenvalue weighted by Gasteiger charge is 2.39. The van der Waals surface area contributed by atoms with Crippen LogP contribution in [0, 0.1) is 0 Å². The van der Waals surface area contributed by atoms with Crippen molar-refractivity contribution in [2.24, 2.45) is 0 Å². The van der Waals surface area contributed by atoms with E-state index in [2.05, 4.69) is 20.7 Å². The molecule has 1 aromatic rings. The number of rotatable bonds is 2. The van der Waals surface area contributed by atoms with Gasteiger partial charge in [-0.05, 0) is 34.5 Å². The summed E-state index contributed by atoms with van der Waals surface area (Å²) in [6.07, 6.45) is 0.670. The summed E-state index contributed by atoms with van der Waals surface area (Å²) >= 11 is 3.33. The summed E-state index contributed by atoms with van der Waals surface area (Å²) in [5, 5.41) is 0. The van der Waals surface area contributed by atoms with E-state index >= 15 is 0 Å². The zero-order chi connectivity index (χ0) is 12.4. The van der Waals surface area contributed by atoms with E-state index in [1.54, 1.807) is 18.2 Å². The number of hydrogen-bond donors (Lipinski definition) is 0. The molecule has 0 spiro atoms. The van der Waals surface area contributed by atoms with Crippen molar-refractivity contribution in [1.82, 2.24) is 4.90 Å².